The second-order valence-corrected chi connectivity index (χ2v) is 3.16. The lowest BCUT2D eigenvalue weighted by Gasteiger charge is -2.07. The van der Waals surface area contributed by atoms with Gasteiger partial charge in [0, 0.05) is 12.8 Å². The topological polar surface area (TPSA) is 56.8 Å². The Bertz CT molecular complexity index is 316. The van der Waals surface area contributed by atoms with E-state index in [1.165, 1.54) is 0 Å². The normalized spacial score (nSPS) is 9.94. The van der Waals surface area contributed by atoms with Crippen molar-refractivity contribution in [2.45, 2.75) is 0 Å². The molecular formula is C12H16NO4. The van der Waals surface area contributed by atoms with Crippen LogP contribution in [0.4, 0.5) is 10.5 Å². The van der Waals surface area contributed by atoms with Gasteiger partial charge in [0.2, 0.25) is 0 Å². The molecule has 5 heteroatoms. The van der Waals surface area contributed by atoms with E-state index in [9.17, 15) is 4.79 Å². The highest BCUT2D eigenvalue weighted by Crippen LogP contribution is 2.04. The monoisotopic (exact) mass is 238 g/mol. The van der Waals surface area contributed by atoms with Gasteiger partial charge in [-0.25, -0.2) is 4.79 Å². The van der Waals surface area contributed by atoms with E-state index in [4.69, 9.17) is 14.2 Å². The van der Waals surface area contributed by atoms with E-state index in [1.54, 1.807) is 31.4 Å². The van der Waals surface area contributed by atoms with Crippen molar-refractivity contribution < 1.29 is 19.0 Å². The molecule has 5 nitrogen and oxygen atoms in total. The maximum Gasteiger partial charge on any atom is 0.411 e. The number of rotatable bonds is 7. The van der Waals surface area contributed by atoms with Crippen molar-refractivity contribution in [3.63, 3.8) is 0 Å². The average molecular weight is 238 g/mol. The summed E-state index contributed by atoms with van der Waals surface area (Å²) in [4.78, 5) is 11.3. The van der Waals surface area contributed by atoms with Gasteiger partial charge in [-0.1, -0.05) is 12.1 Å². The molecule has 1 rings (SSSR count). The van der Waals surface area contributed by atoms with E-state index in [-0.39, 0.29) is 6.61 Å². The van der Waals surface area contributed by atoms with E-state index in [1.807, 2.05) is 0 Å². The van der Waals surface area contributed by atoms with Gasteiger partial charge in [-0.2, -0.15) is 0 Å². The lowest BCUT2D eigenvalue weighted by Crippen LogP contribution is -2.17. The summed E-state index contributed by atoms with van der Waals surface area (Å²) < 4.78 is 14.8. The van der Waals surface area contributed by atoms with Crippen molar-refractivity contribution >= 4 is 11.8 Å². The highest BCUT2D eigenvalue weighted by molar-refractivity contribution is 5.84. The number of hydrogen-bond acceptors (Lipinski definition) is 4. The fraction of sp³-hybridized carbons (Fsp3) is 0.417. The standard InChI is InChI=1S/C12H16NO4/c1-15-7-8-16-9-10-17-12(14)13-11-5-3-2-4-6-11/h2-3,5-6H,7-10H2,1H3,(H,13,14). The molecular weight excluding hydrogens is 222 g/mol. The van der Waals surface area contributed by atoms with Crippen LogP contribution in [0.2, 0.25) is 0 Å². The third-order valence-electron chi connectivity index (χ3n) is 1.85. The van der Waals surface area contributed by atoms with Crippen LogP contribution < -0.4 is 5.32 Å². The summed E-state index contributed by atoms with van der Waals surface area (Å²) in [5.41, 5.74) is 0.651. The van der Waals surface area contributed by atoms with Gasteiger partial charge in [-0.3, -0.25) is 5.32 Å². The molecule has 17 heavy (non-hydrogen) atoms. The van der Waals surface area contributed by atoms with Crippen LogP contribution in [-0.2, 0) is 14.2 Å². The molecule has 0 heterocycles. The minimum absolute atomic E-state index is 0.214. The zero-order valence-corrected chi connectivity index (χ0v) is 9.77. The van der Waals surface area contributed by atoms with Crippen LogP contribution in [0.1, 0.15) is 0 Å². The number of methoxy groups -OCH3 is 1. The molecule has 0 saturated carbocycles. The van der Waals surface area contributed by atoms with Gasteiger partial charge in [0.05, 0.1) is 19.8 Å². The van der Waals surface area contributed by atoms with Crippen LogP contribution in [0.25, 0.3) is 0 Å². The first-order valence-electron chi connectivity index (χ1n) is 5.29. The Morgan fingerprint density at radius 3 is 2.88 bits per heavy atom. The van der Waals surface area contributed by atoms with Crippen LogP contribution in [0.3, 0.4) is 0 Å². The summed E-state index contributed by atoms with van der Waals surface area (Å²) in [7, 11) is 1.60. The van der Waals surface area contributed by atoms with Gasteiger partial charge in [0.25, 0.3) is 0 Å². The Labute approximate surface area is 101 Å². The summed E-state index contributed by atoms with van der Waals surface area (Å²) >= 11 is 0. The molecule has 0 saturated heterocycles. The van der Waals surface area contributed by atoms with E-state index < -0.39 is 6.09 Å². The van der Waals surface area contributed by atoms with Gasteiger partial charge in [-0.05, 0) is 18.2 Å². The number of carbonyl (C=O) groups is 1. The van der Waals surface area contributed by atoms with Gasteiger partial charge in [0.15, 0.2) is 0 Å². The molecule has 1 N–H and O–H groups in total. The number of benzene rings is 1. The summed E-state index contributed by atoms with van der Waals surface area (Å²) in [6.45, 7) is 1.60. The summed E-state index contributed by atoms with van der Waals surface area (Å²) in [5.74, 6) is 0. The molecule has 1 aromatic rings. The predicted molar refractivity (Wildman–Crippen MR) is 62.9 cm³/mol. The van der Waals surface area contributed by atoms with E-state index in [0.29, 0.717) is 25.5 Å². The van der Waals surface area contributed by atoms with Gasteiger partial charge in [-0.15, -0.1) is 0 Å². The molecule has 0 atom stereocenters. The molecule has 0 spiro atoms. The number of hydrogen-bond donors (Lipinski definition) is 1. The predicted octanol–water partition coefficient (Wildman–Crippen LogP) is 1.70. The molecule has 93 valence electrons. The summed E-state index contributed by atoms with van der Waals surface area (Å²) in [6.07, 6.45) is -0.500. The highest BCUT2D eigenvalue weighted by Gasteiger charge is 2.01. The molecule has 0 aliphatic heterocycles. The Hall–Kier alpha value is -1.59. The van der Waals surface area contributed by atoms with Crippen molar-refractivity contribution in [2.24, 2.45) is 0 Å². The molecule has 1 aromatic carbocycles. The highest BCUT2D eigenvalue weighted by atomic mass is 16.6. The van der Waals surface area contributed by atoms with E-state index in [0.717, 1.165) is 0 Å². The molecule has 0 aliphatic rings. The largest absolute Gasteiger partial charge is 0.447 e. The number of nitrogens with one attached hydrogen (secondary N) is 1. The molecule has 0 aliphatic carbocycles. The molecule has 0 unspecified atom stereocenters. The lowest BCUT2D eigenvalue weighted by molar-refractivity contribution is 0.0447. The first kappa shape index (κ1) is 13.5. The quantitative estimate of drug-likeness (QED) is 0.734. The van der Waals surface area contributed by atoms with Gasteiger partial charge >= 0.3 is 6.09 Å². The molecule has 0 aromatic heterocycles. The summed E-state index contributed by atoms with van der Waals surface area (Å²) in [6, 6.07) is 9.80. The smallest absolute Gasteiger partial charge is 0.411 e. The first-order chi connectivity index (χ1) is 8.33. The second-order valence-electron chi connectivity index (χ2n) is 3.16. The molecule has 0 bridgehead atoms. The fourth-order valence-corrected chi connectivity index (χ4v) is 1.06. The third kappa shape index (κ3) is 6.55. The minimum atomic E-state index is -0.500. The fourth-order valence-electron chi connectivity index (χ4n) is 1.06. The number of carbonyl (C=O) groups excluding carboxylic acids is 1. The zero-order valence-electron chi connectivity index (χ0n) is 9.77. The first-order valence-corrected chi connectivity index (χ1v) is 5.29. The zero-order chi connectivity index (χ0) is 12.3. The number of amides is 1. The maximum absolute atomic E-state index is 11.3. The Morgan fingerprint density at radius 1 is 1.35 bits per heavy atom. The SMILES string of the molecule is COCCOCCOC(=O)Nc1c[c]ccc1. The van der Waals surface area contributed by atoms with Crippen LogP contribution in [0.15, 0.2) is 24.3 Å². The average Bonchev–Trinajstić information content (AvgIpc) is 2.35. The Morgan fingerprint density at radius 2 is 2.18 bits per heavy atom. The minimum Gasteiger partial charge on any atom is -0.447 e. The van der Waals surface area contributed by atoms with E-state index >= 15 is 0 Å². The van der Waals surface area contributed by atoms with Crippen LogP contribution in [0, 0.1) is 6.07 Å². The second kappa shape index (κ2) is 8.55. The molecule has 1 amide bonds. The third-order valence-corrected chi connectivity index (χ3v) is 1.85. The van der Waals surface area contributed by atoms with Gasteiger partial charge in [0.1, 0.15) is 6.61 Å². The van der Waals surface area contributed by atoms with Crippen LogP contribution in [-0.4, -0.2) is 39.6 Å². The molecule has 1 radical (unpaired) electrons. The summed E-state index contributed by atoms with van der Waals surface area (Å²) in [5, 5.41) is 2.57. The number of anilines is 1. The lowest BCUT2D eigenvalue weighted by atomic mass is 10.3. The van der Waals surface area contributed by atoms with Crippen LogP contribution >= 0.6 is 0 Å². The van der Waals surface area contributed by atoms with Gasteiger partial charge < -0.3 is 14.2 Å². The van der Waals surface area contributed by atoms with Crippen molar-refractivity contribution in [1.29, 1.82) is 0 Å². The maximum atomic E-state index is 11.3. The van der Waals surface area contributed by atoms with Crippen LogP contribution in [0.5, 0.6) is 0 Å². The van der Waals surface area contributed by atoms with Crippen molar-refractivity contribution in [2.75, 3.05) is 38.9 Å². The molecule has 0 fully saturated rings. The number of ether oxygens (including phenoxy) is 3. The van der Waals surface area contributed by atoms with Crippen molar-refractivity contribution in [3.05, 3.63) is 30.3 Å². The van der Waals surface area contributed by atoms with Crippen molar-refractivity contribution in [3.8, 4) is 0 Å². The Kier molecular flexibility index (Phi) is 6.78. The van der Waals surface area contributed by atoms with E-state index in [2.05, 4.69) is 11.4 Å². The van der Waals surface area contributed by atoms with Crippen molar-refractivity contribution in [1.82, 2.24) is 0 Å². The Balaban J connectivity index is 2.06.